The summed E-state index contributed by atoms with van der Waals surface area (Å²) in [5.41, 5.74) is 2.27. The maximum absolute atomic E-state index is 4.73. The highest BCUT2D eigenvalue weighted by Crippen LogP contribution is 2.18. The van der Waals surface area contributed by atoms with Crippen molar-refractivity contribution in [1.29, 1.82) is 0 Å². The van der Waals surface area contributed by atoms with Crippen molar-refractivity contribution in [3.63, 3.8) is 0 Å². The van der Waals surface area contributed by atoms with E-state index in [1.807, 2.05) is 30.3 Å². The van der Waals surface area contributed by atoms with E-state index in [0.717, 1.165) is 17.0 Å². The number of rotatable bonds is 2. The molecule has 0 amide bonds. The number of hydrogen-bond donors (Lipinski definition) is 0. The monoisotopic (exact) mass is 254 g/mol. The second-order valence-electron chi connectivity index (χ2n) is 4.04. The zero-order valence-electron chi connectivity index (χ0n) is 10.2. The van der Waals surface area contributed by atoms with Gasteiger partial charge >= 0.3 is 0 Å². The van der Waals surface area contributed by atoms with E-state index in [0.29, 0.717) is 0 Å². The van der Waals surface area contributed by atoms with Crippen molar-refractivity contribution in [2.24, 2.45) is 4.99 Å². The lowest BCUT2D eigenvalue weighted by Crippen LogP contribution is -2.12. The lowest BCUT2D eigenvalue weighted by Gasteiger charge is -1.99. The predicted octanol–water partition coefficient (Wildman–Crippen LogP) is 3.96. The molecule has 3 aromatic rings. The first-order valence-electron chi connectivity index (χ1n) is 6.06. The molecule has 3 heteroatoms. The van der Waals surface area contributed by atoms with Crippen LogP contribution >= 0.6 is 11.3 Å². The minimum Gasteiger partial charge on any atom is -0.317 e. The van der Waals surface area contributed by atoms with Crippen LogP contribution in [0.1, 0.15) is 6.92 Å². The minimum atomic E-state index is 0.940. The summed E-state index contributed by atoms with van der Waals surface area (Å²) >= 11 is 1.74. The van der Waals surface area contributed by atoms with Crippen molar-refractivity contribution in [1.82, 2.24) is 4.57 Å². The average Bonchev–Trinajstić information content (AvgIpc) is 2.77. The highest BCUT2D eigenvalue weighted by molar-refractivity contribution is 7.16. The van der Waals surface area contributed by atoms with Gasteiger partial charge in [-0.25, -0.2) is 4.99 Å². The van der Waals surface area contributed by atoms with Gasteiger partial charge in [0.05, 0.1) is 15.9 Å². The molecule has 0 spiro atoms. The zero-order chi connectivity index (χ0) is 12.4. The average molecular weight is 254 g/mol. The number of benzene rings is 2. The lowest BCUT2D eigenvalue weighted by molar-refractivity contribution is 0.765. The molecule has 90 valence electrons. The standard InChI is InChI=1S/C15H14N2S/c1-2-17-13-10-6-7-11-14(13)18-15(17)16-12-8-4-3-5-9-12/h3-11H,2H2,1H3/b16-15+. The number of thiazole rings is 1. The molecule has 0 saturated heterocycles. The molecule has 0 N–H and O–H groups in total. The Hall–Kier alpha value is -1.87. The molecule has 0 aliphatic carbocycles. The van der Waals surface area contributed by atoms with Crippen LogP contribution in [-0.2, 0) is 6.54 Å². The van der Waals surface area contributed by atoms with Crippen molar-refractivity contribution in [3.05, 3.63) is 59.4 Å². The quantitative estimate of drug-likeness (QED) is 0.659. The lowest BCUT2D eigenvalue weighted by atomic mass is 10.3. The van der Waals surface area contributed by atoms with E-state index >= 15 is 0 Å². The fourth-order valence-corrected chi connectivity index (χ4v) is 3.14. The minimum absolute atomic E-state index is 0.940. The molecule has 18 heavy (non-hydrogen) atoms. The molecule has 3 rings (SSSR count). The van der Waals surface area contributed by atoms with Gasteiger partial charge < -0.3 is 4.57 Å². The van der Waals surface area contributed by atoms with E-state index in [4.69, 9.17) is 4.99 Å². The normalized spacial score (nSPS) is 12.2. The van der Waals surface area contributed by atoms with Crippen LogP contribution < -0.4 is 4.80 Å². The maximum atomic E-state index is 4.73. The summed E-state index contributed by atoms with van der Waals surface area (Å²) in [4.78, 5) is 5.79. The SMILES string of the molecule is CCn1/c(=N\c2ccccc2)sc2ccccc21. The van der Waals surface area contributed by atoms with E-state index in [1.54, 1.807) is 11.3 Å². The van der Waals surface area contributed by atoms with Gasteiger partial charge in [-0.15, -0.1) is 0 Å². The van der Waals surface area contributed by atoms with E-state index in [1.165, 1.54) is 10.2 Å². The van der Waals surface area contributed by atoms with Crippen LogP contribution in [0.25, 0.3) is 10.2 Å². The van der Waals surface area contributed by atoms with Crippen LogP contribution in [-0.4, -0.2) is 4.57 Å². The van der Waals surface area contributed by atoms with E-state index in [2.05, 4.69) is 35.8 Å². The van der Waals surface area contributed by atoms with Gasteiger partial charge in [-0.1, -0.05) is 41.7 Å². The largest absolute Gasteiger partial charge is 0.317 e. The summed E-state index contributed by atoms with van der Waals surface area (Å²) in [7, 11) is 0. The first-order chi connectivity index (χ1) is 8.88. The van der Waals surface area contributed by atoms with E-state index < -0.39 is 0 Å². The van der Waals surface area contributed by atoms with Gasteiger partial charge in [0.1, 0.15) is 0 Å². The maximum Gasteiger partial charge on any atom is 0.190 e. The van der Waals surface area contributed by atoms with Crippen LogP contribution in [0.4, 0.5) is 5.69 Å². The topological polar surface area (TPSA) is 17.3 Å². The Kier molecular flexibility index (Phi) is 2.99. The fraction of sp³-hybridized carbons (Fsp3) is 0.133. The second kappa shape index (κ2) is 4.78. The molecule has 2 nitrogen and oxygen atoms in total. The Balaban J connectivity index is 2.26. The third kappa shape index (κ3) is 1.97. The molecule has 2 aromatic carbocycles. The molecule has 0 aliphatic rings. The second-order valence-corrected chi connectivity index (χ2v) is 5.05. The predicted molar refractivity (Wildman–Crippen MR) is 77.2 cm³/mol. The fourth-order valence-electron chi connectivity index (χ4n) is 2.02. The summed E-state index contributed by atoms with van der Waals surface area (Å²) in [6.07, 6.45) is 0. The first kappa shape index (κ1) is 11.2. The molecule has 0 aliphatic heterocycles. The van der Waals surface area contributed by atoms with Crippen LogP contribution in [0.3, 0.4) is 0 Å². The van der Waals surface area contributed by atoms with Crippen molar-refractivity contribution >= 4 is 27.2 Å². The number of aromatic nitrogens is 1. The summed E-state index contributed by atoms with van der Waals surface area (Å²) in [6.45, 7) is 3.10. The Bertz CT molecular complexity index is 723. The van der Waals surface area contributed by atoms with Gasteiger partial charge in [0.15, 0.2) is 4.80 Å². The van der Waals surface area contributed by atoms with Gasteiger partial charge in [0.2, 0.25) is 0 Å². The van der Waals surface area contributed by atoms with Gasteiger partial charge in [0.25, 0.3) is 0 Å². The molecule has 1 heterocycles. The molecule has 0 atom stereocenters. The highest BCUT2D eigenvalue weighted by atomic mass is 32.1. The molecule has 0 bridgehead atoms. The summed E-state index contributed by atoms with van der Waals surface area (Å²) < 4.78 is 3.54. The highest BCUT2D eigenvalue weighted by Gasteiger charge is 2.03. The molecule has 0 radical (unpaired) electrons. The van der Waals surface area contributed by atoms with Crippen LogP contribution in [0, 0.1) is 0 Å². The molecule has 0 saturated carbocycles. The Morgan fingerprint density at radius 2 is 1.72 bits per heavy atom. The van der Waals surface area contributed by atoms with Crippen LogP contribution in [0.2, 0.25) is 0 Å². The van der Waals surface area contributed by atoms with Crippen molar-refractivity contribution in [2.75, 3.05) is 0 Å². The van der Waals surface area contributed by atoms with E-state index in [9.17, 15) is 0 Å². The van der Waals surface area contributed by atoms with E-state index in [-0.39, 0.29) is 0 Å². The third-order valence-corrected chi connectivity index (χ3v) is 3.94. The number of nitrogens with zero attached hydrogens (tertiary/aromatic N) is 2. The van der Waals surface area contributed by atoms with Gasteiger partial charge in [-0.2, -0.15) is 0 Å². The van der Waals surface area contributed by atoms with Crippen molar-refractivity contribution in [2.45, 2.75) is 13.5 Å². The van der Waals surface area contributed by atoms with Crippen molar-refractivity contribution < 1.29 is 0 Å². The number of hydrogen-bond acceptors (Lipinski definition) is 2. The number of aryl methyl sites for hydroxylation is 1. The zero-order valence-corrected chi connectivity index (χ0v) is 11.0. The van der Waals surface area contributed by atoms with Crippen LogP contribution in [0.15, 0.2) is 59.6 Å². The molecular formula is C15H14N2S. The Morgan fingerprint density at radius 1 is 1.00 bits per heavy atom. The summed E-state index contributed by atoms with van der Waals surface area (Å²) in [5.74, 6) is 0. The molecule has 0 fully saturated rings. The Morgan fingerprint density at radius 3 is 2.50 bits per heavy atom. The van der Waals surface area contributed by atoms with Crippen LogP contribution in [0.5, 0.6) is 0 Å². The van der Waals surface area contributed by atoms with Gasteiger partial charge in [-0.05, 0) is 31.2 Å². The smallest absolute Gasteiger partial charge is 0.190 e. The molecular weight excluding hydrogens is 240 g/mol. The Labute approximate surface area is 110 Å². The van der Waals surface area contributed by atoms with Gasteiger partial charge in [0, 0.05) is 6.54 Å². The summed E-state index contributed by atoms with van der Waals surface area (Å²) in [6, 6.07) is 18.6. The number of fused-ring (bicyclic) bond motifs is 1. The molecule has 1 aromatic heterocycles. The number of para-hydroxylation sites is 2. The first-order valence-corrected chi connectivity index (χ1v) is 6.88. The summed E-state index contributed by atoms with van der Waals surface area (Å²) in [5, 5.41) is 0. The third-order valence-electron chi connectivity index (χ3n) is 2.89. The van der Waals surface area contributed by atoms with Crippen molar-refractivity contribution in [3.8, 4) is 0 Å². The van der Waals surface area contributed by atoms with Gasteiger partial charge in [-0.3, -0.25) is 0 Å². The molecule has 0 unspecified atom stereocenters.